The van der Waals surface area contributed by atoms with Gasteiger partial charge in [0.1, 0.15) is 36.3 Å². The largest absolute Gasteiger partial charge is 0.481 e. The number of urea groups is 1. The number of hydrogen-bond donors (Lipinski definition) is 17. The smallest absolute Gasteiger partial charge is 0.326 e. The van der Waals surface area contributed by atoms with Gasteiger partial charge in [0.15, 0.2) is 0 Å². The lowest BCUT2D eigenvalue weighted by atomic mass is 10.1. The van der Waals surface area contributed by atoms with Crippen molar-refractivity contribution >= 4 is 109 Å². The van der Waals surface area contributed by atoms with E-state index in [1.807, 2.05) is 10.6 Å². The molecular weight excluding hydrogens is 1380 g/mol. The molecular formula is C64H101FN12O25Si. The molecule has 1 heterocycles. The monoisotopic (exact) mass is 1480 g/mol. The maximum atomic E-state index is 17.1. The molecule has 0 radical (unpaired) electrons. The van der Waals surface area contributed by atoms with E-state index in [1.165, 1.54) is 43.9 Å². The summed E-state index contributed by atoms with van der Waals surface area (Å²) < 4.78 is 17.1. The fraction of sp³-hybridized carbons (Fsp3) is 0.656. The van der Waals surface area contributed by atoms with Crippen molar-refractivity contribution in [2.45, 2.75) is 178 Å². The Balaban J connectivity index is 2.14. The summed E-state index contributed by atoms with van der Waals surface area (Å²) >= 11 is 0. The predicted molar refractivity (Wildman–Crippen MR) is 364 cm³/mol. The van der Waals surface area contributed by atoms with Gasteiger partial charge >= 0.3 is 59.8 Å². The Morgan fingerprint density at radius 3 is 1.22 bits per heavy atom. The molecule has 17 N–H and O–H groups in total. The first-order valence-corrected chi connectivity index (χ1v) is 35.4. The Kier molecular flexibility index (Phi) is 38.4. The van der Waals surface area contributed by atoms with Crippen molar-refractivity contribution in [3.63, 3.8) is 0 Å². The molecule has 0 unspecified atom stereocenters. The number of nitrogens with one attached hydrogen (secondary N) is 8. The second-order valence-electron chi connectivity index (χ2n) is 26.9. The second kappa shape index (κ2) is 44.1. The summed E-state index contributed by atoms with van der Waals surface area (Å²) in [6.07, 6.45) is -3.85. The zero-order valence-electron chi connectivity index (χ0n) is 58.8. The zero-order valence-corrected chi connectivity index (χ0v) is 59.8. The van der Waals surface area contributed by atoms with E-state index >= 15 is 4.11 Å². The van der Waals surface area contributed by atoms with E-state index in [0.29, 0.717) is 5.19 Å². The highest BCUT2D eigenvalue weighted by molar-refractivity contribution is 6.90. The van der Waals surface area contributed by atoms with Crippen LogP contribution in [0.2, 0.25) is 10.1 Å². The van der Waals surface area contributed by atoms with Gasteiger partial charge in [-0.1, -0.05) is 53.7 Å². The summed E-state index contributed by atoms with van der Waals surface area (Å²) in [6.45, 7) is 8.45. The van der Waals surface area contributed by atoms with Gasteiger partial charge in [0.25, 0.3) is 14.3 Å². The molecule has 103 heavy (non-hydrogen) atoms. The molecule has 6 atom stereocenters. The molecule has 1 aromatic rings. The van der Waals surface area contributed by atoms with Crippen LogP contribution >= 0.6 is 0 Å². The van der Waals surface area contributed by atoms with Crippen LogP contribution in [0.1, 0.15) is 142 Å². The van der Waals surface area contributed by atoms with Crippen LogP contribution in [0.25, 0.3) is 0 Å². The molecule has 2 rings (SSSR count). The Bertz CT molecular complexity index is 3070. The third-order valence-corrected chi connectivity index (χ3v) is 22.1. The van der Waals surface area contributed by atoms with Crippen LogP contribution in [-0.4, -0.2) is 297 Å². The topological polar surface area (TPSA) is 564 Å². The molecule has 39 heteroatoms. The van der Waals surface area contributed by atoms with E-state index in [-0.39, 0.29) is 129 Å². The molecule has 1 fully saturated rings. The highest BCUT2D eigenvalue weighted by Crippen LogP contribution is 2.51. The molecule has 0 bridgehead atoms. The molecule has 1 aliphatic heterocycles. The number of rotatable bonds is 44. The van der Waals surface area contributed by atoms with Crippen LogP contribution in [0.5, 0.6) is 0 Å². The first kappa shape index (κ1) is 89.6. The number of benzene rings is 1. The van der Waals surface area contributed by atoms with Crippen LogP contribution < -0.4 is 47.7 Å². The number of carboxylic acid groups (broad SMARTS) is 9. The minimum absolute atomic E-state index is 0.00248. The number of hydrogen-bond acceptors (Lipinski definition) is 20. The maximum absolute atomic E-state index is 17.1. The summed E-state index contributed by atoms with van der Waals surface area (Å²) in [7, 11) is -3.77. The van der Waals surface area contributed by atoms with Crippen LogP contribution in [0.15, 0.2) is 24.3 Å². The van der Waals surface area contributed by atoms with E-state index < -0.39 is 208 Å². The SMILES string of the molecule is CC(C)(C)[Si](F)(c1ccc(C(=O)NC[C@H](NC(=O)CC[C@H](C(=O)O)N2CCN(CC(=O)O)CCN(CC(=O)O)CCN(CC(=O)O)CC2)C(=O)N[C@H](CCCCNC(=O)CCC(=O)NCCC[C@@H](NC(=O)CC[C@H](NC(=O)N[C@@H](CCCC(=O)O)C(=O)O)C(=O)O)C(=O)O)C(=O)O)cc1)C(C)(C)C. The number of carbonyl (C=O) groups is 16. The number of halogens is 1. The van der Waals surface area contributed by atoms with E-state index in [1.54, 1.807) is 41.5 Å². The first-order chi connectivity index (χ1) is 48.0. The Labute approximate surface area is 594 Å². The summed E-state index contributed by atoms with van der Waals surface area (Å²) in [4.78, 5) is 205. The van der Waals surface area contributed by atoms with Gasteiger partial charge in [-0.2, -0.15) is 0 Å². The van der Waals surface area contributed by atoms with Gasteiger partial charge in [-0.15, -0.1) is 0 Å². The summed E-state index contributed by atoms with van der Waals surface area (Å²) in [5.41, 5.74) is 0.0386. The normalized spacial score (nSPS) is 15.6. The summed E-state index contributed by atoms with van der Waals surface area (Å²) in [5.74, 6) is -17.3. The van der Waals surface area contributed by atoms with E-state index in [2.05, 4.69) is 31.9 Å². The lowest BCUT2D eigenvalue weighted by Gasteiger charge is -2.44. The molecule has 0 aromatic heterocycles. The zero-order chi connectivity index (χ0) is 78.0. The van der Waals surface area contributed by atoms with Gasteiger partial charge in [-0.3, -0.25) is 72.3 Å². The Morgan fingerprint density at radius 2 is 0.796 bits per heavy atom. The van der Waals surface area contributed by atoms with Crippen LogP contribution in [0.3, 0.4) is 0 Å². The van der Waals surface area contributed by atoms with Gasteiger partial charge in [0.2, 0.25) is 29.5 Å². The van der Waals surface area contributed by atoms with Gasteiger partial charge in [-0.25, -0.2) is 24.0 Å². The lowest BCUT2D eigenvalue weighted by molar-refractivity contribution is -0.145. The van der Waals surface area contributed by atoms with Crippen LogP contribution in [-0.2, 0) is 67.1 Å². The standard InChI is InChI=1S/C64H101FN12O25Si/c1-63(2,3)103(65,64(4,5)6)40-17-15-39(16-18-40)55(90)68-35-45(70-50(81)22-20-46(61(100)101)77-33-31-75(37-53(86)87)29-27-74(36-52(84)85)28-30-76(32-34-77)38-54(88)89)56(91)71-42(58(94)95)11-7-8-25-66-47(78)23-24-48(79)67-26-10-13-41(57(92)93)69-49(80)21-19-44(60(98)99)73-62(102)72-43(59(96)97)12-9-14-51(82)83/h15-18,41-46H,7-14,19-38H2,1-6H3,(H,66,78)(H,67,79)(H,68,90)(H,69,80)(H,70,81)(H,71,91)(H,82,83)(H,84,85)(H,86,87)(H,88,89)(H,92,93)(H,94,95)(H,96,97)(H,98,99)(H,100,101)(H2,72,73,102)/t41-,42-,43+,44+,45+,46-/m1/s1. The lowest BCUT2D eigenvalue weighted by Crippen LogP contribution is -2.58. The minimum atomic E-state index is -3.77. The third kappa shape index (κ3) is 33.9. The molecule has 0 aliphatic carbocycles. The number of carboxylic acids is 9. The van der Waals surface area contributed by atoms with E-state index in [0.717, 1.165) is 0 Å². The first-order valence-electron chi connectivity index (χ1n) is 33.5. The molecule has 1 aromatic carbocycles. The van der Waals surface area contributed by atoms with Crippen molar-refractivity contribution in [1.29, 1.82) is 0 Å². The van der Waals surface area contributed by atoms with E-state index in [4.69, 9.17) is 5.11 Å². The van der Waals surface area contributed by atoms with Crippen molar-refractivity contribution in [1.82, 2.24) is 62.1 Å². The van der Waals surface area contributed by atoms with Crippen LogP contribution in [0, 0.1) is 0 Å². The van der Waals surface area contributed by atoms with Crippen molar-refractivity contribution in [2.75, 3.05) is 91.6 Å². The molecule has 8 amide bonds. The quantitative estimate of drug-likeness (QED) is 0.0205. The van der Waals surface area contributed by atoms with Gasteiger partial charge in [-0.05, 0) is 85.2 Å². The Morgan fingerprint density at radius 1 is 0.408 bits per heavy atom. The minimum Gasteiger partial charge on any atom is -0.481 e. The number of nitrogens with zero attached hydrogens (tertiary/aromatic N) is 4. The van der Waals surface area contributed by atoms with Gasteiger partial charge < -0.3 is 92.6 Å². The average molecular weight is 1490 g/mol. The summed E-state index contributed by atoms with van der Waals surface area (Å²) in [6, 6.07) is -4.98. The maximum Gasteiger partial charge on any atom is 0.326 e. The fourth-order valence-electron chi connectivity index (χ4n) is 11.6. The Hall–Kier alpha value is -9.47. The predicted octanol–water partition coefficient (Wildman–Crippen LogP) is -1.33. The highest BCUT2D eigenvalue weighted by Gasteiger charge is 2.56. The highest BCUT2D eigenvalue weighted by atomic mass is 28.4. The van der Waals surface area contributed by atoms with Crippen molar-refractivity contribution < 1.29 is 127 Å². The molecule has 1 aliphatic rings. The number of carbonyl (C=O) groups excluding carboxylic acids is 7. The van der Waals surface area contributed by atoms with E-state index in [9.17, 15) is 118 Å². The van der Waals surface area contributed by atoms with Gasteiger partial charge in [0.05, 0.1) is 19.6 Å². The van der Waals surface area contributed by atoms with Crippen molar-refractivity contribution in [3.05, 3.63) is 29.8 Å². The molecule has 1 saturated heterocycles. The van der Waals surface area contributed by atoms with Crippen molar-refractivity contribution in [3.8, 4) is 0 Å². The third-order valence-electron chi connectivity index (χ3n) is 16.9. The summed E-state index contributed by atoms with van der Waals surface area (Å²) in [5, 5.41) is 105. The molecule has 37 nitrogen and oxygen atoms in total. The second-order valence-corrected chi connectivity index (χ2v) is 31.8. The van der Waals surface area contributed by atoms with Crippen LogP contribution in [0.4, 0.5) is 8.90 Å². The fourth-order valence-corrected chi connectivity index (χ4v) is 16.2. The molecule has 0 spiro atoms. The van der Waals surface area contributed by atoms with Gasteiger partial charge in [0, 0.05) is 110 Å². The van der Waals surface area contributed by atoms with Crippen molar-refractivity contribution in [2.24, 2.45) is 0 Å². The number of aliphatic carboxylic acids is 9. The molecule has 578 valence electrons. The number of unbranched alkanes of at least 4 members (excludes halogenated alkanes) is 1. The molecule has 0 saturated carbocycles. The number of amides is 8. The average Bonchev–Trinajstić information content (AvgIpc) is 0.748.